The Kier molecular flexibility index (Phi) is 4.62. The molecule has 0 amide bonds. The summed E-state index contributed by atoms with van der Waals surface area (Å²) in [6.45, 7) is 7.80. The lowest BCUT2D eigenvalue weighted by Crippen LogP contribution is -2.20. The van der Waals surface area contributed by atoms with Crippen molar-refractivity contribution >= 4 is 5.78 Å². The van der Waals surface area contributed by atoms with Gasteiger partial charge in [-0.25, -0.2) is 4.39 Å². The van der Waals surface area contributed by atoms with E-state index >= 15 is 0 Å². The molecule has 0 fully saturated rings. The molecule has 5 heteroatoms. The van der Waals surface area contributed by atoms with Crippen LogP contribution < -0.4 is 0 Å². The lowest BCUT2D eigenvalue weighted by atomic mass is 9.78. The van der Waals surface area contributed by atoms with Crippen LogP contribution in [0.3, 0.4) is 0 Å². The van der Waals surface area contributed by atoms with Gasteiger partial charge in [-0.3, -0.25) is 4.79 Å². The summed E-state index contributed by atoms with van der Waals surface area (Å²) in [5.74, 6) is -1.72. The third-order valence-corrected chi connectivity index (χ3v) is 3.57. The van der Waals surface area contributed by atoms with E-state index < -0.39 is 17.6 Å². The van der Waals surface area contributed by atoms with Gasteiger partial charge in [0.05, 0.1) is 5.56 Å². The normalized spacial score (nSPS) is 14.2. The van der Waals surface area contributed by atoms with Crippen LogP contribution >= 0.6 is 0 Å². The van der Waals surface area contributed by atoms with E-state index in [0.29, 0.717) is 12.1 Å². The van der Waals surface area contributed by atoms with E-state index in [9.17, 15) is 22.4 Å². The van der Waals surface area contributed by atoms with Crippen LogP contribution in [0.15, 0.2) is 18.2 Å². The molecule has 0 radical (unpaired) electrons. The predicted molar refractivity (Wildman–Crippen MR) is 69.0 cm³/mol. The van der Waals surface area contributed by atoms with Gasteiger partial charge in [0.25, 0.3) is 0 Å². The van der Waals surface area contributed by atoms with Gasteiger partial charge in [-0.15, -0.1) is 0 Å². The second kappa shape index (κ2) is 5.54. The van der Waals surface area contributed by atoms with Gasteiger partial charge < -0.3 is 0 Å². The lowest BCUT2D eigenvalue weighted by Gasteiger charge is -2.26. The number of hydrogen-bond acceptors (Lipinski definition) is 1. The van der Waals surface area contributed by atoms with Crippen molar-refractivity contribution in [2.24, 2.45) is 11.3 Å². The smallest absolute Gasteiger partial charge is 0.294 e. The molecule has 1 rings (SSSR count). The van der Waals surface area contributed by atoms with Gasteiger partial charge in [-0.1, -0.05) is 33.8 Å². The zero-order valence-corrected chi connectivity index (χ0v) is 11.9. The molecule has 112 valence electrons. The zero-order chi connectivity index (χ0) is 15.7. The second-order valence-corrected chi connectivity index (χ2v) is 6.09. The number of halogens is 4. The molecule has 0 aliphatic rings. The molecule has 1 unspecified atom stereocenters. The molecule has 20 heavy (non-hydrogen) atoms. The monoisotopic (exact) mass is 290 g/mol. The number of carbonyl (C=O) groups excluding carboxylic acids is 1. The number of ketones is 1. The Bertz CT molecular complexity index is 498. The fraction of sp³-hybridized carbons (Fsp3) is 0.533. The van der Waals surface area contributed by atoms with Crippen molar-refractivity contribution in [1.29, 1.82) is 0 Å². The number of carbonyl (C=O) groups is 1. The van der Waals surface area contributed by atoms with Crippen LogP contribution in [0.5, 0.6) is 0 Å². The van der Waals surface area contributed by atoms with Crippen molar-refractivity contribution in [2.45, 2.75) is 40.3 Å². The standard InChI is InChI=1S/C15H18F4O/c1-9(14(2,3)4)7-13(20)10-5-6-11(12(16)8-10)15(17,18)19/h5-6,8-9H,7H2,1-4H3. The molecule has 0 saturated carbocycles. The minimum absolute atomic E-state index is 0.0217. The van der Waals surface area contributed by atoms with Gasteiger partial charge in [0, 0.05) is 12.0 Å². The van der Waals surface area contributed by atoms with E-state index in [-0.39, 0.29) is 29.1 Å². The van der Waals surface area contributed by atoms with E-state index in [2.05, 4.69) is 0 Å². The highest BCUT2D eigenvalue weighted by Gasteiger charge is 2.34. The molecule has 0 aliphatic carbocycles. The van der Waals surface area contributed by atoms with Gasteiger partial charge in [0.15, 0.2) is 5.78 Å². The predicted octanol–water partition coefficient (Wildman–Crippen LogP) is 5.10. The molecule has 0 spiro atoms. The van der Waals surface area contributed by atoms with Gasteiger partial charge in [-0.05, 0) is 23.5 Å². The van der Waals surface area contributed by atoms with Crippen LogP contribution in [0.1, 0.15) is 50.0 Å². The highest BCUT2D eigenvalue weighted by atomic mass is 19.4. The molecule has 1 aromatic carbocycles. The first-order chi connectivity index (χ1) is 8.93. The van der Waals surface area contributed by atoms with Crippen molar-refractivity contribution in [1.82, 2.24) is 0 Å². The quantitative estimate of drug-likeness (QED) is 0.559. The van der Waals surface area contributed by atoms with Gasteiger partial charge in [0.1, 0.15) is 5.82 Å². The molecule has 1 aromatic rings. The molecule has 1 nitrogen and oxygen atoms in total. The maximum atomic E-state index is 13.4. The Morgan fingerprint density at radius 3 is 2.15 bits per heavy atom. The van der Waals surface area contributed by atoms with E-state index in [1.165, 1.54) is 0 Å². The zero-order valence-electron chi connectivity index (χ0n) is 11.9. The van der Waals surface area contributed by atoms with Crippen LogP contribution in [0.4, 0.5) is 17.6 Å². The van der Waals surface area contributed by atoms with Crippen LogP contribution in [0.2, 0.25) is 0 Å². The minimum atomic E-state index is -4.75. The average molecular weight is 290 g/mol. The Morgan fingerprint density at radius 2 is 1.75 bits per heavy atom. The number of alkyl halides is 3. The van der Waals surface area contributed by atoms with Crippen molar-refractivity contribution < 1.29 is 22.4 Å². The Morgan fingerprint density at radius 1 is 1.20 bits per heavy atom. The van der Waals surface area contributed by atoms with Gasteiger partial charge in [0.2, 0.25) is 0 Å². The molecular formula is C15H18F4O. The van der Waals surface area contributed by atoms with E-state index in [0.717, 1.165) is 6.07 Å². The summed E-state index contributed by atoms with van der Waals surface area (Å²) in [6.07, 6.45) is -4.57. The van der Waals surface area contributed by atoms with Crippen LogP contribution in [0.25, 0.3) is 0 Å². The Labute approximate surface area is 116 Å². The van der Waals surface area contributed by atoms with Crippen LogP contribution in [-0.2, 0) is 6.18 Å². The molecule has 0 heterocycles. The van der Waals surface area contributed by atoms with Crippen molar-refractivity contribution in [3.05, 3.63) is 35.1 Å². The largest absolute Gasteiger partial charge is 0.419 e. The van der Waals surface area contributed by atoms with E-state index in [4.69, 9.17) is 0 Å². The Balaban J connectivity index is 2.94. The van der Waals surface area contributed by atoms with Gasteiger partial charge in [-0.2, -0.15) is 13.2 Å². The van der Waals surface area contributed by atoms with Crippen LogP contribution in [-0.4, -0.2) is 5.78 Å². The number of rotatable bonds is 3. The fourth-order valence-electron chi connectivity index (χ4n) is 1.62. The third kappa shape index (κ3) is 4.05. The summed E-state index contributed by atoms with van der Waals surface area (Å²) >= 11 is 0. The van der Waals surface area contributed by atoms with Crippen molar-refractivity contribution in [3.8, 4) is 0 Å². The number of Topliss-reactive ketones (excluding diaryl/α,β-unsaturated/α-hetero) is 1. The van der Waals surface area contributed by atoms with Gasteiger partial charge >= 0.3 is 6.18 Å². The molecule has 0 bridgehead atoms. The molecule has 0 aromatic heterocycles. The van der Waals surface area contributed by atoms with Crippen molar-refractivity contribution in [3.63, 3.8) is 0 Å². The first-order valence-electron chi connectivity index (χ1n) is 6.33. The fourth-order valence-corrected chi connectivity index (χ4v) is 1.62. The summed E-state index contributed by atoms with van der Waals surface area (Å²) < 4.78 is 50.7. The summed E-state index contributed by atoms with van der Waals surface area (Å²) in [4.78, 5) is 12.0. The molecular weight excluding hydrogens is 272 g/mol. The first-order valence-corrected chi connectivity index (χ1v) is 6.33. The maximum Gasteiger partial charge on any atom is 0.419 e. The minimum Gasteiger partial charge on any atom is -0.294 e. The molecule has 0 saturated heterocycles. The highest BCUT2D eigenvalue weighted by molar-refractivity contribution is 5.96. The summed E-state index contributed by atoms with van der Waals surface area (Å²) in [5.41, 5.74) is -1.47. The maximum absolute atomic E-state index is 13.4. The average Bonchev–Trinajstić information content (AvgIpc) is 2.25. The second-order valence-electron chi connectivity index (χ2n) is 6.09. The van der Waals surface area contributed by atoms with Crippen LogP contribution in [0, 0.1) is 17.2 Å². The molecule has 1 atom stereocenters. The summed E-state index contributed by atoms with van der Waals surface area (Å²) in [6, 6.07) is 2.31. The third-order valence-electron chi connectivity index (χ3n) is 3.57. The lowest BCUT2D eigenvalue weighted by molar-refractivity contribution is -0.140. The highest BCUT2D eigenvalue weighted by Crippen LogP contribution is 2.33. The molecule has 0 N–H and O–H groups in total. The Hall–Kier alpha value is -1.39. The number of hydrogen-bond donors (Lipinski definition) is 0. The first kappa shape index (κ1) is 16.7. The molecule has 0 aliphatic heterocycles. The SMILES string of the molecule is CC(CC(=O)c1ccc(C(F)(F)F)c(F)c1)C(C)(C)C. The number of benzene rings is 1. The van der Waals surface area contributed by atoms with E-state index in [1.54, 1.807) is 0 Å². The van der Waals surface area contributed by atoms with Crippen molar-refractivity contribution in [2.75, 3.05) is 0 Å². The van der Waals surface area contributed by atoms with E-state index in [1.807, 2.05) is 27.7 Å². The topological polar surface area (TPSA) is 17.1 Å². The summed E-state index contributed by atoms with van der Waals surface area (Å²) in [7, 11) is 0. The summed E-state index contributed by atoms with van der Waals surface area (Å²) in [5, 5.41) is 0.